The van der Waals surface area contributed by atoms with Gasteiger partial charge >= 0.3 is 0 Å². The van der Waals surface area contributed by atoms with Crippen LogP contribution in [0.15, 0.2) is 23.1 Å². The number of amides is 1. The lowest BCUT2D eigenvalue weighted by Gasteiger charge is -2.15. The van der Waals surface area contributed by atoms with Gasteiger partial charge in [0.2, 0.25) is 15.9 Å². The predicted molar refractivity (Wildman–Crippen MR) is 129 cm³/mol. The fraction of sp³-hybridized carbons (Fsp3) is 0.545. The summed E-state index contributed by atoms with van der Waals surface area (Å²) in [6.07, 6.45) is 1.76. The van der Waals surface area contributed by atoms with Gasteiger partial charge in [0.25, 0.3) is 11.6 Å². The van der Waals surface area contributed by atoms with Crippen molar-refractivity contribution in [3.63, 3.8) is 0 Å². The molecule has 13 nitrogen and oxygen atoms in total. The summed E-state index contributed by atoms with van der Waals surface area (Å²) in [4.78, 5) is 23.0. The monoisotopic (exact) mass is 525 g/mol. The highest BCUT2D eigenvalue weighted by Crippen LogP contribution is 2.35. The van der Waals surface area contributed by atoms with Crippen molar-refractivity contribution in [2.24, 2.45) is 0 Å². The summed E-state index contributed by atoms with van der Waals surface area (Å²) in [5, 5.41) is 18.5. The molecule has 0 spiro atoms. The maximum Gasteiger partial charge on any atom is 0.272 e. The minimum Gasteiger partial charge on any atom is -0.438 e. The Morgan fingerprint density at radius 2 is 2.14 bits per heavy atom. The zero-order valence-corrected chi connectivity index (χ0v) is 21.5. The third-order valence-electron chi connectivity index (χ3n) is 5.54. The van der Waals surface area contributed by atoms with E-state index in [1.54, 1.807) is 6.92 Å². The van der Waals surface area contributed by atoms with Crippen LogP contribution in [0.5, 0.6) is 11.6 Å². The summed E-state index contributed by atoms with van der Waals surface area (Å²) in [6.45, 7) is 6.37. The van der Waals surface area contributed by atoms with Crippen molar-refractivity contribution in [1.29, 1.82) is 0 Å². The van der Waals surface area contributed by atoms with Crippen LogP contribution in [0, 0.1) is 17.0 Å². The lowest BCUT2D eigenvalue weighted by molar-refractivity contribution is -0.385. The van der Waals surface area contributed by atoms with E-state index in [9.17, 15) is 23.3 Å². The average molecular weight is 526 g/mol. The van der Waals surface area contributed by atoms with E-state index in [1.165, 1.54) is 17.9 Å². The molecule has 0 saturated carbocycles. The van der Waals surface area contributed by atoms with E-state index < -0.39 is 31.4 Å². The molecule has 2 heterocycles. The molecular weight excluding hydrogens is 494 g/mol. The molecule has 1 amide bonds. The van der Waals surface area contributed by atoms with Gasteiger partial charge in [-0.2, -0.15) is 5.10 Å². The van der Waals surface area contributed by atoms with Crippen LogP contribution in [0.2, 0.25) is 0 Å². The van der Waals surface area contributed by atoms with E-state index in [0.29, 0.717) is 18.7 Å². The van der Waals surface area contributed by atoms with E-state index in [4.69, 9.17) is 14.2 Å². The molecule has 1 aliphatic heterocycles. The highest BCUT2D eigenvalue weighted by molar-refractivity contribution is 7.89. The highest BCUT2D eigenvalue weighted by atomic mass is 32.2. The highest BCUT2D eigenvalue weighted by Gasteiger charge is 2.28. The Bertz CT molecular complexity index is 1210. The number of nitrogens with one attached hydrogen (secondary N) is 2. The van der Waals surface area contributed by atoms with Gasteiger partial charge in [-0.05, 0) is 39.7 Å². The smallest absolute Gasteiger partial charge is 0.272 e. The van der Waals surface area contributed by atoms with Crippen LogP contribution in [0.3, 0.4) is 0 Å². The van der Waals surface area contributed by atoms with Crippen LogP contribution in [0.4, 0.5) is 5.69 Å². The number of non-ortho nitro benzene ring substituents is 1. The number of carbonyl (C=O) groups is 1. The largest absolute Gasteiger partial charge is 0.438 e. The number of nitro groups is 1. The van der Waals surface area contributed by atoms with Crippen molar-refractivity contribution in [3.8, 4) is 11.6 Å². The zero-order chi connectivity index (χ0) is 26.5. The molecule has 1 fully saturated rings. The maximum atomic E-state index is 13.0. The molecule has 1 aliphatic rings. The second-order valence-corrected chi connectivity index (χ2v) is 10.3. The van der Waals surface area contributed by atoms with Gasteiger partial charge in [-0.1, -0.05) is 0 Å². The normalized spacial score (nSPS) is 15.9. The minimum absolute atomic E-state index is 0.0427. The Morgan fingerprint density at radius 3 is 2.75 bits per heavy atom. The van der Waals surface area contributed by atoms with Gasteiger partial charge < -0.3 is 19.5 Å². The molecule has 2 aromatic rings. The van der Waals surface area contributed by atoms with E-state index in [0.717, 1.165) is 25.0 Å². The van der Waals surface area contributed by atoms with Crippen LogP contribution in [0.1, 0.15) is 48.8 Å². The SMILES string of the molecule is COCCNS(=O)(=O)c1cc([N+](=O)[O-])ccc1Oc1c(C)c(C(=O)NCC2CCCO2)nn1C(C)C. The summed E-state index contributed by atoms with van der Waals surface area (Å²) in [5.41, 5.74) is 0.0987. The molecule has 0 bridgehead atoms. The second-order valence-electron chi connectivity index (χ2n) is 8.54. The number of aromatic nitrogens is 2. The van der Waals surface area contributed by atoms with Crippen molar-refractivity contribution in [3.05, 3.63) is 39.6 Å². The van der Waals surface area contributed by atoms with Crippen LogP contribution < -0.4 is 14.8 Å². The van der Waals surface area contributed by atoms with Crippen molar-refractivity contribution in [2.45, 2.75) is 50.7 Å². The second kappa shape index (κ2) is 11.8. The number of hydrogen-bond donors (Lipinski definition) is 2. The summed E-state index contributed by atoms with van der Waals surface area (Å²) >= 11 is 0. The number of ether oxygens (including phenoxy) is 3. The Morgan fingerprint density at radius 1 is 1.39 bits per heavy atom. The van der Waals surface area contributed by atoms with Gasteiger partial charge in [0.05, 0.1) is 23.7 Å². The molecule has 198 valence electrons. The van der Waals surface area contributed by atoms with Crippen LogP contribution >= 0.6 is 0 Å². The summed E-state index contributed by atoms with van der Waals surface area (Å²) in [6, 6.07) is 3.03. The number of methoxy groups -OCH3 is 1. The first kappa shape index (κ1) is 27.5. The Balaban J connectivity index is 1.96. The van der Waals surface area contributed by atoms with Crippen LogP contribution in [-0.4, -0.2) is 68.5 Å². The van der Waals surface area contributed by atoms with Crippen molar-refractivity contribution < 1.29 is 32.3 Å². The fourth-order valence-corrected chi connectivity index (χ4v) is 4.81. The summed E-state index contributed by atoms with van der Waals surface area (Å²) in [5.74, 6) is -0.416. The summed E-state index contributed by atoms with van der Waals surface area (Å²) in [7, 11) is -2.78. The quantitative estimate of drug-likeness (QED) is 0.240. The Hall–Kier alpha value is -3.07. The van der Waals surface area contributed by atoms with E-state index >= 15 is 0 Å². The number of benzene rings is 1. The van der Waals surface area contributed by atoms with Crippen molar-refractivity contribution >= 4 is 21.6 Å². The molecule has 1 aromatic carbocycles. The molecular formula is C22H31N5O8S. The standard InChI is InChI=1S/C22H31N5O8S/c1-14(2)26-22(15(3)20(25-26)21(28)23-13-17-6-5-10-34-17)35-18-8-7-16(27(29)30)12-19(18)36(31,32)24-9-11-33-4/h7-8,12,14,17,24H,5-6,9-11,13H2,1-4H3,(H,23,28). The molecule has 14 heteroatoms. The van der Waals surface area contributed by atoms with E-state index in [2.05, 4.69) is 15.1 Å². The van der Waals surface area contributed by atoms with Gasteiger partial charge in [0, 0.05) is 44.5 Å². The topological polar surface area (TPSA) is 164 Å². The molecule has 1 unspecified atom stereocenters. The minimum atomic E-state index is -4.20. The van der Waals surface area contributed by atoms with Crippen LogP contribution in [-0.2, 0) is 19.5 Å². The third-order valence-corrected chi connectivity index (χ3v) is 7.03. The number of nitrogens with zero attached hydrogens (tertiary/aromatic N) is 3. The van der Waals surface area contributed by atoms with Gasteiger partial charge in [0.1, 0.15) is 10.6 Å². The van der Waals surface area contributed by atoms with E-state index in [1.807, 2.05) is 13.8 Å². The average Bonchev–Trinajstić information content (AvgIpc) is 3.46. The number of nitro benzene ring substituents is 1. The molecule has 3 rings (SSSR count). The predicted octanol–water partition coefficient (Wildman–Crippen LogP) is 2.31. The number of hydrogen-bond acceptors (Lipinski definition) is 9. The number of rotatable bonds is 12. The number of carbonyl (C=O) groups excluding carboxylic acids is 1. The number of sulfonamides is 1. The molecule has 0 radical (unpaired) electrons. The van der Waals surface area contributed by atoms with Crippen molar-refractivity contribution in [2.75, 3.05) is 33.4 Å². The Kier molecular flexibility index (Phi) is 9.00. The van der Waals surface area contributed by atoms with Gasteiger partial charge in [0.15, 0.2) is 5.69 Å². The molecule has 2 N–H and O–H groups in total. The third kappa shape index (κ3) is 6.37. The maximum absolute atomic E-state index is 13.0. The van der Waals surface area contributed by atoms with Crippen molar-refractivity contribution in [1.82, 2.24) is 19.8 Å². The Labute approximate surface area is 209 Å². The first-order valence-corrected chi connectivity index (χ1v) is 13.0. The molecule has 1 saturated heterocycles. The first-order valence-electron chi connectivity index (χ1n) is 11.5. The van der Waals surface area contributed by atoms with Gasteiger partial charge in [-0.15, -0.1) is 0 Å². The fourth-order valence-electron chi connectivity index (χ4n) is 3.65. The molecule has 1 atom stereocenters. The summed E-state index contributed by atoms with van der Waals surface area (Å²) < 4.78 is 46.1. The van der Waals surface area contributed by atoms with Gasteiger partial charge in [-0.3, -0.25) is 14.9 Å². The lowest BCUT2D eigenvalue weighted by atomic mass is 10.2. The van der Waals surface area contributed by atoms with Crippen LogP contribution in [0.25, 0.3) is 0 Å². The molecule has 36 heavy (non-hydrogen) atoms. The zero-order valence-electron chi connectivity index (χ0n) is 20.6. The van der Waals surface area contributed by atoms with Gasteiger partial charge in [-0.25, -0.2) is 17.8 Å². The lowest BCUT2D eigenvalue weighted by Crippen LogP contribution is -2.32. The first-order chi connectivity index (χ1) is 17.0. The molecule has 1 aromatic heterocycles. The van der Waals surface area contributed by atoms with E-state index in [-0.39, 0.29) is 42.6 Å². The molecule has 0 aliphatic carbocycles.